The molecular formula is C15H19BrF2N2O. The number of phenols is 1. The van der Waals surface area contributed by atoms with Crippen molar-refractivity contribution in [1.29, 1.82) is 0 Å². The molecule has 0 bridgehead atoms. The number of aromatic hydroxyl groups is 1. The van der Waals surface area contributed by atoms with E-state index in [0.29, 0.717) is 11.5 Å². The van der Waals surface area contributed by atoms with Gasteiger partial charge >= 0.3 is 0 Å². The Labute approximate surface area is 131 Å². The van der Waals surface area contributed by atoms with Crippen LogP contribution in [0, 0.1) is 17.6 Å². The molecule has 1 aromatic rings. The number of hydrogen-bond acceptors (Lipinski definition) is 3. The summed E-state index contributed by atoms with van der Waals surface area (Å²) in [6.07, 6.45) is 3.27. The van der Waals surface area contributed by atoms with E-state index in [4.69, 9.17) is 0 Å². The number of benzene rings is 1. The Morgan fingerprint density at radius 3 is 2.57 bits per heavy atom. The third kappa shape index (κ3) is 3.22. The SMILES string of the molecule is Oc1c([C@@H](CC2CC2)N2CCNCC2)cc(Br)c(F)c1F. The fourth-order valence-electron chi connectivity index (χ4n) is 2.99. The number of nitrogens with zero attached hydrogens (tertiary/aromatic N) is 1. The minimum Gasteiger partial charge on any atom is -0.505 e. The summed E-state index contributed by atoms with van der Waals surface area (Å²) < 4.78 is 27.5. The Hall–Kier alpha value is -0.720. The molecule has 1 aliphatic heterocycles. The summed E-state index contributed by atoms with van der Waals surface area (Å²) in [5.74, 6) is -2.09. The summed E-state index contributed by atoms with van der Waals surface area (Å²) in [5.41, 5.74) is 0.495. The summed E-state index contributed by atoms with van der Waals surface area (Å²) in [6, 6.07) is 1.48. The van der Waals surface area contributed by atoms with E-state index in [2.05, 4.69) is 26.1 Å². The summed E-state index contributed by atoms with van der Waals surface area (Å²) >= 11 is 3.05. The van der Waals surface area contributed by atoms with Crippen LogP contribution in [0.3, 0.4) is 0 Å². The van der Waals surface area contributed by atoms with Gasteiger partial charge in [0, 0.05) is 37.8 Å². The molecule has 0 amide bonds. The lowest BCUT2D eigenvalue weighted by molar-refractivity contribution is 0.157. The van der Waals surface area contributed by atoms with Crippen molar-refractivity contribution in [3.8, 4) is 5.75 Å². The Kier molecular flexibility index (Phi) is 4.47. The minimum atomic E-state index is -1.16. The van der Waals surface area contributed by atoms with E-state index in [1.54, 1.807) is 0 Å². The van der Waals surface area contributed by atoms with Gasteiger partial charge in [0.25, 0.3) is 0 Å². The zero-order chi connectivity index (χ0) is 15.0. The number of nitrogens with one attached hydrogen (secondary N) is 1. The number of piperazine rings is 1. The molecule has 0 radical (unpaired) electrons. The first-order valence-corrected chi connectivity index (χ1v) is 8.18. The molecule has 2 N–H and O–H groups in total. The fourth-order valence-corrected chi connectivity index (χ4v) is 3.41. The quantitative estimate of drug-likeness (QED) is 0.809. The van der Waals surface area contributed by atoms with Gasteiger partial charge in [0.15, 0.2) is 11.6 Å². The average molecular weight is 361 g/mol. The predicted molar refractivity (Wildman–Crippen MR) is 80.2 cm³/mol. The van der Waals surface area contributed by atoms with Gasteiger partial charge in [0.2, 0.25) is 5.82 Å². The third-order valence-electron chi connectivity index (χ3n) is 4.37. The number of hydrogen-bond donors (Lipinski definition) is 2. The first-order chi connectivity index (χ1) is 10.1. The van der Waals surface area contributed by atoms with Crippen LogP contribution in [-0.4, -0.2) is 36.2 Å². The number of rotatable bonds is 4. The zero-order valence-electron chi connectivity index (χ0n) is 11.7. The first-order valence-electron chi connectivity index (χ1n) is 7.39. The van der Waals surface area contributed by atoms with Gasteiger partial charge in [0.05, 0.1) is 4.47 Å². The van der Waals surface area contributed by atoms with Crippen molar-refractivity contribution in [3.63, 3.8) is 0 Å². The second kappa shape index (κ2) is 6.18. The third-order valence-corrected chi connectivity index (χ3v) is 4.95. The molecule has 1 aliphatic carbocycles. The van der Waals surface area contributed by atoms with E-state index in [1.807, 2.05) is 0 Å². The molecule has 1 saturated carbocycles. The molecule has 3 nitrogen and oxygen atoms in total. The molecule has 21 heavy (non-hydrogen) atoms. The van der Waals surface area contributed by atoms with Crippen molar-refractivity contribution in [1.82, 2.24) is 10.2 Å². The van der Waals surface area contributed by atoms with Gasteiger partial charge in [-0.2, -0.15) is 4.39 Å². The summed E-state index contributed by atoms with van der Waals surface area (Å²) in [4.78, 5) is 2.26. The summed E-state index contributed by atoms with van der Waals surface area (Å²) in [5, 5.41) is 13.3. The van der Waals surface area contributed by atoms with Crippen LogP contribution in [0.25, 0.3) is 0 Å². The maximum atomic E-state index is 13.8. The normalized spacial score (nSPS) is 21.5. The number of phenolic OH excluding ortho intramolecular Hbond substituents is 1. The molecule has 2 aliphatic rings. The maximum Gasteiger partial charge on any atom is 0.201 e. The lowest BCUT2D eigenvalue weighted by Crippen LogP contribution is -2.45. The largest absolute Gasteiger partial charge is 0.505 e. The van der Waals surface area contributed by atoms with E-state index < -0.39 is 17.4 Å². The Bertz CT molecular complexity index is 531. The molecule has 116 valence electrons. The van der Waals surface area contributed by atoms with Gasteiger partial charge in [0.1, 0.15) is 0 Å². The highest BCUT2D eigenvalue weighted by Crippen LogP contribution is 2.44. The van der Waals surface area contributed by atoms with Crippen LogP contribution in [0.15, 0.2) is 10.5 Å². The van der Waals surface area contributed by atoms with Crippen molar-refractivity contribution < 1.29 is 13.9 Å². The van der Waals surface area contributed by atoms with E-state index in [9.17, 15) is 13.9 Å². The second-order valence-electron chi connectivity index (χ2n) is 5.91. The van der Waals surface area contributed by atoms with E-state index in [-0.39, 0.29) is 10.5 Å². The highest BCUT2D eigenvalue weighted by atomic mass is 79.9. The van der Waals surface area contributed by atoms with Crippen LogP contribution in [-0.2, 0) is 0 Å². The van der Waals surface area contributed by atoms with Crippen molar-refractivity contribution >= 4 is 15.9 Å². The van der Waals surface area contributed by atoms with Crippen LogP contribution >= 0.6 is 15.9 Å². The van der Waals surface area contributed by atoms with Crippen LogP contribution in [0.1, 0.15) is 30.9 Å². The Morgan fingerprint density at radius 2 is 1.95 bits per heavy atom. The highest BCUT2D eigenvalue weighted by Gasteiger charge is 2.33. The fraction of sp³-hybridized carbons (Fsp3) is 0.600. The van der Waals surface area contributed by atoms with Gasteiger partial charge < -0.3 is 10.4 Å². The molecule has 6 heteroatoms. The number of halogens is 3. The van der Waals surface area contributed by atoms with Crippen molar-refractivity contribution in [2.24, 2.45) is 5.92 Å². The van der Waals surface area contributed by atoms with Crippen molar-refractivity contribution in [2.45, 2.75) is 25.3 Å². The van der Waals surface area contributed by atoms with Crippen molar-refractivity contribution in [2.75, 3.05) is 26.2 Å². The van der Waals surface area contributed by atoms with Gasteiger partial charge in [-0.3, -0.25) is 4.90 Å². The smallest absolute Gasteiger partial charge is 0.201 e. The topological polar surface area (TPSA) is 35.5 Å². The molecule has 1 heterocycles. The van der Waals surface area contributed by atoms with Crippen LogP contribution in [0.4, 0.5) is 8.78 Å². The van der Waals surface area contributed by atoms with Gasteiger partial charge in [-0.25, -0.2) is 4.39 Å². The molecule has 0 aromatic heterocycles. The standard InChI is InChI=1S/C15H19BrF2N2O/c16-11-8-10(15(21)14(18)13(11)17)12(7-9-1-2-9)20-5-3-19-4-6-20/h8-9,12,19,21H,1-7H2/t12-/m1/s1. The molecule has 0 spiro atoms. The van der Waals surface area contributed by atoms with Gasteiger partial charge in [-0.05, 0) is 34.3 Å². The Morgan fingerprint density at radius 1 is 1.29 bits per heavy atom. The van der Waals surface area contributed by atoms with Crippen LogP contribution in [0.2, 0.25) is 0 Å². The monoisotopic (exact) mass is 360 g/mol. The summed E-state index contributed by atoms with van der Waals surface area (Å²) in [6.45, 7) is 3.47. The van der Waals surface area contributed by atoms with Crippen LogP contribution in [0.5, 0.6) is 5.75 Å². The van der Waals surface area contributed by atoms with E-state index in [1.165, 1.54) is 18.9 Å². The molecule has 1 atom stereocenters. The predicted octanol–water partition coefficient (Wildman–Crippen LogP) is 3.18. The zero-order valence-corrected chi connectivity index (χ0v) is 13.3. The molecule has 1 saturated heterocycles. The van der Waals surface area contributed by atoms with E-state index >= 15 is 0 Å². The average Bonchev–Trinajstić information content (AvgIpc) is 3.32. The second-order valence-corrected chi connectivity index (χ2v) is 6.76. The molecule has 3 rings (SSSR count). The van der Waals surface area contributed by atoms with Gasteiger partial charge in [-0.15, -0.1) is 0 Å². The molecule has 2 fully saturated rings. The lowest BCUT2D eigenvalue weighted by atomic mass is 9.97. The summed E-state index contributed by atoms with van der Waals surface area (Å²) in [7, 11) is 0. The van der Waals surface area contributed by atoms with Crippen LogP contribution < -0.4 is 5.32 Å². The first kappa shape index (κ1) is 15.2. The molecular weight excluding hydrogens is 342 g/mol. The molecule has 0 unspecified atom stereocenters. The minimum absolute atomic E-state index is 0.0500. The highest BCUT2D eigenvalue weighted by molar-refractivity contribution is 9.10. The van der Waals surface area contributed by atoms with E-state index in [0.717, 1.165) is 32.6 Å². The van der Waals surface area contributed by atoms with Crippen molar-refractivity contribution in [3.05, 3.63) is 27.7 Å². The van der Waals surface area contributed by atoms with Gasteiger partial charge in [-0.1, -0.05) is 12.8 Å². The maximum absolute atomic E-state index is 13.8. The Balaban J connectivity index is 1.94. The molecule has 1 aromatic carbocycles. The lowest BCUT2D eigenvalue weighted by Gasteiger charge is -2.35.